The van der Waals surface area contributed by atoms with E-state index in [1.54, 1.807) is 12.1 Å². The second kappa shape index (κ2) is 8.78. The van der Waals surface area contributed by atoms with E-state index in [4.69, 9.17) is 11.5 Å². The Balaban J connectivity index is 1.91. The number of halogens is 1. The van der Waals surface area contributed by atoms with Crippen LogP contribution in [-0.4, -0.2) is 23.9 Å². The largest absolute Gasteiger partial charge is 0.368 e. The third kappa shape index (κ3) is 5.60. The fourth-order valence-electron chi connectivity index (χ4n) is 3.29. The lowest BCUT2D eigenvalue weighted by molar-refractivity contribution is -0.128. The number of nitrogens with two attached hydrogens (primary N) is 2. The summed E-state index contributed by atoms with van der Waals surface area (Å²) in [5.41, 5.74) is 12.0. The molecule has 0 aliphatic heterocycles. The number of hydrogen-bond donors (Lipinski definition) is 3. The SMILES string of the molecule is NC(=O)[C@H](Cc1cccc(F)c1)NC(=O)[C@@H](N)CC1CCCCC1. The molecule has 0 heterocycles. The van der Waals surface area contributed by atoms with Gasteiger partial charge in [0, 0.05) is 6.42 Å². The second-order valence-corrected chi connectivity index (χ2v) is 6.64. The Kier molecular flexibility index (Phi) is 6.73. The van der Waals surface area contributed by atoms with Crippen LogP contribution in [0.4, 0.5) is 4.39 Å². The first-order valence-electron chi connectivity index (χ1n) is 8.55. The Bertz CT molecular complexity index is 573. The van der Waals surface area contributed by atoms with Crippen molar-refractivity contribution in [2.24, 2.45) is 17.4 Å². The van der Waals surface area contributed by atoms with Gasteiger partial charge in [-0.05, 0) is 30.0 Å². The average molecular weight is 335 g/mol. The summed E-state index contributed by atoms with van der Waals surface area (Å²) in [7, 11) is 0. The topological polar surface area (TPSA) is 98.2 Å². The number of carbonyl (C=O) groups is 2. The summed E-state index contributed by atoms with van der Waals surface area (Å²) in [6, 6.07) is 4.34. The van der Waals surface area contributed by atoms with Crippen LogP contribution in [0.1, 0.15) is 44.1 Å². The van der Waals surface area contributed by atoms with Crippen LogP contribution in [0.2, 0.25) is 0 Å². The van der Waals surface area contributed by atoms with Gasteiger partial charge in [0.1, 0.15) is 11.9 Å². The zero-order valence-electron chi connectivity index (χ0n) is 13.8. The molecule has 1 fully saturated rings. The van der Waals surface area contributed by atoms with Crippen molar-refractivity contribution < 1.29 is 14.0 Å². The summed E-state index contributed by atoms with van der Waals surface area (Å²) in [5, 5.41) is 2.61. The molecule has 0 saturated heterocycles. The van der Waals surface area contributed by atoms with Crippen molar-refractivity contribution in [3.8, 4) is 0 Å². The molecule has 6 heteroatoms. The summed E-state index contributed by atoms with van der Waals surface area (Å²) in [5.74, 6) is -0.955. The molecule has 0 spiro atoms. The van der Waals surface area contributed by atoms with E-state index in [0.29, 0.717) is 17.9 Å². The van der Waals surface area contributed by atoms with Crippen LogP contribution < -0.4 is 16.8 Å². The Morgan fingerprint density at radius 2 is 1.96 bits per heavy atom. The van der Waals surface area contributed by atoms with Gasteiger partial charge in [-0.1, -0.05) is 44.2 Å². The number of benzene rings is 1. The van der Waals surface area contributed by atoms with Crippen molar-refractivity contribution in [3.63, 3.8) is 0 Å². The minimum absolute atomic E-state index is 0.148. The van der Waals surface area contributed by atoms with Crippen molar-refractivity contribution in [2.75, 3.05) is 0 Å². The fraction of sp³-hybridized carbons (Fsp3) is 0.556. The van der Waals surface area contributed by atoms with E-state index >= 15 is 0 Å². The van der Waals surface area contributed by atoms with Crippen molar-refractivity contribution in [1.29, 1.82) is 0 Å². The molecular formula is C18H26FN3O2. The molecule has 2 atom stereocenters. The molecule has 0 aromatic heterocycles. The fourth-order valence-corrected chi connectivity index (χ4v) is 3.29. The van der Waals surface area contributed by atoms with E-state index in [0.717, 1.165) is 12.8 Å². The van der Waals surface area contributed by atoms with E-state index in [9.17, 15) is 14.0 Å². The average Bonchev–Trinajstić information content (AvgIpc) is 2.55. The van der Waals surface area contributed by atoms with E-state index in [-0.39, 0.29) is 12.3 Å². The van der Waals surface area contributed by atoms with Crippen molar-refractivity contribution in [1.82, 2.24) is 5.32 Å². The monoisotopic (exact) mass is 335 g/mol. The highest BCUT2D eigenvalue weighted by Crippen LogP contribution is 2.27. The van der Waals surface area contributed by atoms with Gasteiger partial charge in [-0.3, -0.25) is 9.59 Å². The summed E-state index contributed by atoms with van der Waals surface area (Å²) < 4.78 is 13.2. The summed E-state index contributed by atoms with van der Waals surface area (Å²) in [6.07, 6.45) is 6.58. The molecule has 1 aliphatic carbocycles. The minimum atomic E-state index is -0.892. The lowest BCUT2D eigenvalue weighted by Crippen LogP contribution is -2.51. The lowest BCUT2D eigenvalue weighted by Gasteiger charge is -2.25. The summed E-state index contributed by atoms with van der Waals surface area (Å²) in [4.78, 5) is 23.9. The molecular weight excluding hydrogens is 309 g/mol. The maximum absolute atomic E-state index is 13.2. The van der Waals surface area contributed by atoms with Gasteiger partial charge >= 0.3 is 0 Å². The van der Waals surface area contributed by atoms with Gasteiger partial charge in [0.2, 0.25) is 11.8 Å². The first kappa shape index (κ1) is 18.4. The van der Waals surface area contributed by atoms with Gasteiger partial charge < -0.3 is 16.8 Å². The van der Waals surface area contributed by atoms with Gasteiger partial charge in [0.15, 0.2) is 0 Å². The maximum Gasteiger partial charge on any atom is 0.240 e. The van der Waals surface area contributed by atoms with Crippen molar-refractivity contribution >= 4 is 11.8 Å². The third-order valence-corrected chi connectivity index (χ3v) is 4.64. The number of nitrogens with one attached hydrogen (secondary N) is 1. The molecule has 0 radical (unpaired) electrons. The second-order valence-electron chi connectivity index (χ2n) is 6.64. The molecule has 0 unspecified atom stereocenters. The zero-order chi connectivity index (χ0) is 17.5. The highest BCUT2D eigenvalue weighted by molar-refractivity contribution is 5.89. The van der Waals surface area contributed by atoms with Gasteiger partial charge in [0.05, 0.1) is 6.04 Å². The predicted octanol–water partition coefficient (Wildman–Crippen LogP) is 1.64. The number of primary amides is 1. The molecule has 24 heavy (non-hydrogen) atoms. The summed E-state index contributed by atoms with van der Waals surface area (Å²) >= 11 is 0. The molecule has 5 N–H and O–H groups in total. The van der Waals surface area contributed by atoms with E-state index in [1.165, 1.54) is 31.4 Å². The maximum atomic E-state index is 13.2. The predicted molar refractivity (Wildman–Crippen MR) is 90.4 cm³/mol. The zero-order valence-corrected chi connectivity index (χ0v) is 13.8. The molecule has 1 aromatic rings. The Morgan fingerprint density at radius 1 is 1.25 bits per heavy atom. The van der Waals surface area contributed by atoms with E-state index < -0.39 is 23.8 Å². The number of hydrogen-bond acceptors (Lipinski definition) is 3. The number of carbonyl (C=O) groups excluding carboxylic acids is 2. The Morgan fingerprint density at radius 3 is 2.58 bits per heavy atom. The molecule has 1 saturated carbocycles. The van der Waals surface area contributed by atoms with Crippen LogP contribution in [0, 0.1) is 11.7 Å². The lowest BCUT2D eigenvalue weighted by atomic mass is 9.85. The van der Waals surface area contributed by atoms with Crippen LogP contribution in [0.5, 0.6) is 0 Å². The highest BCUT2D eigenvalue weighted by atomic mass is 19.1. The van der Waals surface area contributed by atoms with Crippen molar-refractivity contribution in [3.05, 3.63) is 35.6 Å². The Labute approximate surface area is 142 Å². The Hall–Kier alpha value is -1.95. The molecule has 1 aromatic carbocycles. The molecule has 2 amide bonds. The van der Waals surface area contributed by atoms with Gasteiger partial charge in [0.25, 0.3) is 0 Å². The number of amides is 2. The molecule has 132 valence electrons. The first-order valence-corrected chi connectivity index (χ1v) is 8.55. The smallest absolute Gasteiger partial charge is 0.240 e. The first-order chi connectivity index (χ1) is 11.5. The van der Waals surface area contributed by atoms with Crippen molar-refractivity contribution in [2.45, 2.75) is 57.0 Å². The van der Waals surface area contributed by atoms with E-state index in [2.05, 4.69) is 5.32 Å². The minimum Gasteiger partial charge on any atom is -0.368 e. The van der Waals surface area contributed by atoms with E-state index in [1.807, 2.05) is 0 Å². The quantitative estimate of drug-likeness (QED) is 0.706. The normalized spacial score (nSPS) is 17.9. The van der Waals surface area contributed by atoms with Gasteiger partial charge in [-0.25, -0.2) is 4.39 Å². The van der Waals surface area contributed by atoms with Crippen LogP contribution in [0.3, 0.4) is 0 Å². The standard InChI is InChI=1S/C18H26FN3O2/c19-14-8-4-7-13(9-14)11-16(17(21)23)22-18(24)15(20)10-12-5-2-1-3-6-12/h4,7-9,12,15-16H,1-3,5-6,10-11,20H2,(H2,21,23)(H,22,24)/t15-,16-/m0/s1. The molecule has 5 nitrogen and oxygen atoms in total. The molecule has 1 aliphatic rings. The highest BCUT2D eigenvalue weighted by Gasteiger charge is 2.25. The number of rotatable bonds is 7. The third-order valence-electron chi connectivity index (χ3n) is 4.64. The van der Waals surface area contributed by atoms with Crippen LogP contribution in [-0.2, 0) is 16.0 Å². The van der Waals surface area contributed by atoms with Crippen LogP contribution >= 0.6 is 0 Å². The van der Waals surface area contributed by atoms with Gasteiger partial charge in [-0.15, -0.1) is 0 Å². The molecule has 2 rings (SSSR count). The van der Waals surface area contributed by atoms with Crippen LogP contribution in [0.25, 0.3) is 0 Å². The van der Waals surface area contributed by atoms with Crippen LogP contribution in [0.15, 0.2) is 24.3 Å². The summed E-state index contributed by atoms with van der Waals surface area (Å²) in [6.45, 7) is 0. The van der Waals surface area contributed by atoms with Gasteiger partial charge in [-0.2, -0.15) is 0 Å². The molecule has 0 bridgehead atoms.